The molecule has 6 nitrogen and oxygen atoms in total. The second kappa shape index (κ2) is 9.66. The first-order chi connectivity index (χ1) is 12.7. The van der Waals surface area contributed by atoms with Crippen molar-refractivity contribution in [2.45, 2.75) is 12.8 Å². The van der Waals surface area contributed by atoms with E-state index in [1.54, 1.807) is 0 Å². The van der Waals surface area contributed by atoms with Crippen LogP contribution in [-0.2, 0) is 11.2 Å². The zero-order chi connectivity index (χ0) is 17.9. The van der Waals surface area contributed by atoms with E-state index in [9.17, 15) is 4.79 Å². The lowest BCUT2D eigenvalue weighted by Crippen LogP contribution is -2.49. The van der Waals surface area contributed by atoms with Crippen molar-refractivity contribution in [3.05, 3.63) is 54.1 Å². The molecule has 0 radical (unpaired) electrons. The second-order valence-corrected chi connectivity index (χ2v) is 6.53. The maximum atomic E-state index is 12.5. The van der Waals surface area contributed by atoms with Crippen molar-refractivity contribution in [3.63, 3.8) is 0 Å². The number of oxazole rings is 1. The second-order valence-electron chi connectivity index (χ2n) is 6.53. The average Bonchev–Trinajstić information content (AvgIpc) is 3.11. The van der Waals surface area contributed by atoms with Crippen molar-refractivity contribution in [1.29, 1.82) is 0 Å². The zero-order valence-corrected chi connectivity index (χ0v) is 17.0. The minimum absolute atomic E-state index is 0. The van der Waals surface area contributed by atoms with Gasteiger partial charge in [-0.2, -0.15) is 4.98 Å². The van der Waals surface area contributed by atoms with Crippen LogP contribution in [0.4, 0.5) is 11.7 Å². The van der Waals surface area contributed by atoms with Gasteiger partial charge in [0.1, 0.15) is 5.52 Å². The van der Waals surface area contributed by atoms with Crippen LogP contribution in [0.3, 0.4) is 0 Å². The van der Waals surface area contributed by atoms with E-state index in [0.717, 1.165) is 35.4 Å². The molecule has 2 heterocycles. The number of rotatable bonds is 4. The third-order valence-corrected chi connectivity index (χ3v) is 4.85. The Bertz CT molecular complexity index is 890. The van der Waals surface area contributed by atoms with Gasteiger partial charge in [0, 0.05) is 38.3 Å². The molecule has 4 rings (SSSR count). The lowest BCUT2D eigenvalue weighted by molar-refractivity contribution is -0.131. The molecule has 2 aromatic carbocycles. The Morgan fingerprint density at radius 3 is 2.39 bits per heavy atom. The van der Waals surface area contributed by atoms with Gasteiger partial charge >= 0.3 is 0 Å². The summed E-state index contributed by atoms with van der Waals surface area (Å²) >= 11 is 0. The third kappa shape index (κ3) is 4.69. The number of carbonyl (C=O) groups excluding carboxylic acids is 1. The summed E-state index contributed by atoms with van der Waals surface area (Å²) in [7, 11) is 0. The molecule has 1 fully saturated rings. The van der Waals surface area contributed by atoms with Crippen molar-refractivity contribution in [1.82, 2.24) is 9.88 Å². The van der Waals surface area contributed by atoms with Crippen LogP contribution in [0.1, 0.15) is 12.0 Å². The maximum absolute atomic E-state index is 12.5. The van der Waals surface area contributed by atoms with Gasteiger partial charge in [0.25, 0.3) is 6.01 Å². The topological polar surface area (TPSA) is 75.6 Å². The molecule has 0 spiro atoms. The molecule has 1 aliphatic rings. The molecule has 0 saturated carbocycles. The highest BCUT2D eigenvalue weighted by Gasteiger charge is 2.23. The van der Waals surface area contributed by atoms with Crippen molar-refractivity contribution in [2.24, 2.45) is 0 Å². The molecule has 1 aliphatic heterocycles. The molecule has 0 unspecified atom stereocenters. The number of aromatic nitrogens is 1. The van der Waals surface area contributed by atoms with E-state index in [1.165, 1.54) is 0 Å². The number of fused-ring (bicyclic) bond motifs is 1. The summed E-state index contributed by atoms with van der Waals surface area (Å²) in [6, 6.07) is 16.1. The lowest BCUT2D eigenvalue weighted by Gasteiger charge is -2.33. The van der Waals surface area contributed by atoms with Crippen molar-refractivity contribution < 1.29 is 9.21 Å². The summed E-state index contributed by atoms with van der Waals surface area (Å²) in [6.45, 7) is 2.82. The molecular weight excluding hydrogens is 399 g/mol. The van der Waals surface area contributed by atoms with Gasteiger partial charge in [-0.25, -0.2) is 0 Å². The van der Waals surface area contributed by atoms with Gasteiger partial charge in [0.05, 0.1) is 0 Å². The average molecular weight is 423 g/mol. The molecule has 3 aromatic rings. The number of nitrogen functional groups attached to an aromatic ring is 1. The van der Waals surface area contributed by atoms with Crippen LogP contribution in [0.25, 0.3) is 11.1 Å². The zero-order valence-electron chi connectivity index (χ0n) is 15.4. The Kier molecular flexibility index (Phi) is 7.54. The van der Waals surface area contributed by atoms with E-state index in [0.29, 0.717) is 31.9 Å². The van der Waals surface area contributed by atoms with Crippen molar-refractivity contribution in [2.75, 3.05) is 36.8 Å². The number of amides is 1. The number of hydrogen-bond acceptors (Lipinski definition) is 5. The van der Waals surface area contributed by atoms with Gasteiger partial charge in [0.2, 0.25) is 5.91 Å². The number of halogens is 2. The van der Waals surface area contributed by atoms with E-state index < -0.39 is 0 Å². The minimum atomic E-state index is 0. The van der Waals surface area contributed by atoms with E-state index in [2.05, 4.69) is 9.88 Å². The van der Waals surface area contributed by atoms with Crippen LogP contribution in [-0.4, -0.2) is 42.0 Å². The highest BCUT2D eigenvalue weighted by atomic mass is 35.5. The molecule has 1 amide bonds. The lowest BCUT2D eigenvalue weighted by atomic mass is 10.1. The molecule has 0 bridgehead atoms. The van der Waals surface area contributed by atoms with E-state index in [4.69, 9.17) is 10.2 Å². The van der Waals surface area contributed by atoms with E-state index in [-0.39, 0.29) is 30.7 Å². The van der Waals surface area contributed by atoms with Crippen LogP contribution in [0, 0.1) is 0 Å². The molecule has 0 atom stereocenters. The summed E-state index contributed by atoms with van der Waals surface area (Å²) in [4.78, 5) is 21.0. The van der Waals surface area contributed by atoms with Crippen molar-refractivity contribution >= 4 is 53.5 Å². The molecule has 150 valence electrons. The fourth-order valence-electron chi connectivity index (χ4n) is 3.30. The summed E-state index contributed by atoms with van der Waals surface area (Å²) in [5.41, 5.74) is 9.39. The largest absolute Gasteiger partial charge is 0.423 e. The Balaban J connectivity index is 0.00000140. The third-order valence-electron chi connectivity index (χ3n) is 4.85. The highest BCUT2D eigenvalue weighted by molar-refractivity contribution is 5.85. The number of anilines is 2. The van der Waals surface area contributed by atoms with Crippen LogP contribution < -0.4 is 10.6 Å². The number of nitrogens with zero attached hydrogens (tertiary/aromatic N) is 3. The molecule has 1 aromatic heterocycles. The number of hydrogen-bond donors (Lipinski definition) is 1. The first kappa shape index (κ1) is 21.9. The van der Waals surface area contributed by atoms with Crippen LogP contribution in [0.5, 0.6) is 0 Å². The first-order valence-electron chi connectivity index (χ1n) is 8.92. The Labute approximate surface area is 176 Å². The summed E-state index contributed by atoms with van der Waals surface area (Å²) in [5, 5.41) is 0. The SMILES string of the molecule is Cl.Cl.Nc1ccccc1CCC(=O)N1CCN(c2nc3ccccc3o2)CC1. The van der Waals surface area contributed by atoms with Gasteiger partial charge < -0.3 is 20.0 Å². The number of para-hydroxylation sites is 3. The summed E-state index contributed by atoms with van der Waals surface area (Å²) in [6.07, 6.45) is 1.16. The van der Waals surface area contributed by atoms with Gasteiger partial charge in [-0.05, 0) is 30.2 Å². The predicted octanol–water partition coefficient (Wildman–Crippen LogP) is 3.54. The van der Waals surface area contributed by atoms with E-state index in [1.807, 2.05) is 53.4 Å². The van der Waals surface area contributed by atoms with Crippen LogP contribution >= 0.6 is 24.8 Å². The van der Waals surface area contributed by atoms with Gasteiger partial charge in [-0.15, -0.1) is 24.8 Å². The molecular formula is C20H24Cl2N4O2. The molecule has 1 saturated heterocycles. The summed E-state index contributed by atoms with van der Waals surface area (Å²) < 4.78 is 5.82. The predicted molar refractivity (Wildman–Crippen MR) is 116 cm³/mol. The highest BCUT2D eigenvalue weighted by Crippen LogP contribution is 2.22. The molecule has 8 heteroatoms. The Morgan fingerprint density at radius 1 is 1.00 bits per heavy atom. The fourth-order valence-corrected chi connectivity index (χ4v) is 3.30. The number of piperazine rings is 1. The van der Waals surface area contributed by atoms with Gasteiger partial charge in [-0.3, -0.25) is 4.79 Å². The van der Waals surface area contributed by atoms with E-state index >= 15 is 0 Å². The molecule has 2 N–H and O–H groups in total. The maximum Gasteiger partial charge on any atom is 0.298 e. The van der Waals surface area contributed by atoms with Crippen LogP contribution in [0.15, 0.2) is 52.9 Å². The fraction of sp³-hybridized carbons (Fsp3) is 0.300. The molecule has 0 aliphatic carbocycles. The number of nitrogens with two attached hydrogens (primary N) is 1. The first-order valence-corrected chi connectivity index (χ1v) is 8.92. The number of benzene rings is 2. The number of aryl methyl sites for hydroxylation is 1. The quantitative estimate of drug-likeness (QED) is 0.650. The van der Waals surface area contributed by atoms with Crippen molar-refractivity contribution in [3.8, 4) is 0 Å². The van der Waals surface area contributed by atoms with Crippen LogP contribution in [0.2, 0.25) is 0 Å². The Morgan fingerprint density at radius 2 is 1.68 bits per heavy atom. The Hall–Kier alpha value is -2.44. The standard InChI is InChI=1S/C20H22N4O2.2ClH/c21-16-6-2-1-5-15(16)9-10-19(25)23-11-13-24(14-12-23)20-22-17-7-3-4-8-18(17)26-20;;/h1-8H,9-14,21H2;2*1H. The minimum Gasteiger partial charge on any atom is -0.423 e. The smallest absolute Gasteiger partial charge is 0.298 e. The monoisotopic (exact) mass is 422 g/mol. The van der Waals surface area contributed by atoms with Gasteiger partial charge in [-0.1, -0.05) is 30.3 Å². The van der Waals surface area contributed by atoms with Gasteiger partial charge in [0.15, 0.2) is 5.58 Å². The normalized spacial score (nSPS) is 13.7. The summed E-state index contributed by atoms with van der Waals surface area (Å²) in [5.74, 6) is 0.172. The molecule has 28 heavy (non-hydrogen) atoms. The number of carbonyl (C=O) groups is 1.